The number of hydrogen-bond acceptors (Lipinski definition) is 4. The summed E-state index contributed by atoms with van der Waals surface area (Å²) >= 11 is 0. The number of rotatable bonds is 3. The molecular formula is C11H19O4P. The van der Waals surface area contributed by atoms with E-state index in [9.17, 15) is 0 Å². The van der Waals surface area contributed by atoms with E-state index < -0.39 is 8.60 Å². The molecule has 0 aliphatic heterocycles. The van der Waals surface area contributed by atoms with Crippen LogP contribution in [0.5, 0.6) is 5.75 Å². The van der Waals surface area contributed by atoms with Gasteiger partial charge in [0.15, 0.2) is 0 Å². The first-order valence-corrected chi connectivity index (χ1v) is 6.30. The van der Waals surface area contributed by atoms with E-state index >= 15 is 0 Å². The van der Waals surface area contributed by atoms with Crippen molar-refractivity contribution in [2.24, 2.45) is 0 Å². The maximum absolute atomic E-state index is 7.23. The van der Waals surface area contributed by atoms with Crippen molar-refractivity contribution in [3.8, 4) is 5.75 Å². The van der Waals surface area contributed by atoms with Gasteiger partial charge in [0, 0.05) is 0 Å². The van der Waals surface area contributed by atoms with Crippen molar-refractivity contribution in [2.75, 3.05) is 6.61 Å². The molecule has 4 nitrogen and oxygen atoms in total. The van der Waals surface area contributed by atoms with Crippen molar-refractivity contribution in [2.45, 2.75) is 27.2 Å². The van der Waals surface area contributed by atoms with Crippen LogP contribution < -0.4 is 4.74 Å². The Morgan fingerprint density at radius 1 is 1.19 bits per heavy atom. The molecule has 16 heavy (non-hydrogen) atoms. The van der Waals surface area contributed by atoms with Gasteiger partial charge in [-0.3, -0.25) is 0 Å². The van der Waals surface area contributed by atoms with Crippen LogP contribution in [0.1, 0.15) is 25.0 Å². The van der Waals surface area contributed by atoms with Crippen molar-refractivity contribution < 1.29 is 19.4 Å². The molecule has 3 N–H and O–H groups in total. The van der Waals surface area contributed by atoms with Gasteiger partial charge in [-0.15, -0.1) is 0 Å². The average molecular weight is 246 g/mol. The molecule has 1 aromatic carbocycles. The molecule has 0 saturated heterocycles. The minimum Gasteiger partial charge on any atom is -0.494 e. The van der Waals surface area contributed by atoms with Gasteiger partial charge in [0.25, 0.3) is 0 Å². The summed E-state index contributed by atoms with van der Waals surface area (Å²) in [6.07, 6.45) is 1.04. The molecule has 1 rings (SSSR count). The Balaban J connectivity index is 0.000000487. The summed E-state index contributed by atoms with van der Waals surface area (Å²) in [5.41, 5.74) is 2.60. The number of ether oxygens (including phenoxy) is 1. The second-order valence-corrected chi connectivity index (χ2v) is 3.70. The molecule has 1 aromatic rings. The summed E-state index contributed by atoms with van der Waals surface area (Å²) in [5, 5.41) is 0. The Kier molecular flexibility index (Phi) is 8.12. The topological polar surface area (TPSA) is 69.9 Å². The molecule has 0 aliphatic carbocycles. The van der Waals surface area contributed by atoms with E-state index in [1.54, 1.807) is 0 Å². The molecule has 0 aliphatic rings. The monoisotopic (exact) mass is 246 g/mol. The van der Waals surface area contributed by atoms with E-state index in [1.165, 1.54) is 11.1 Å². The summed E-state index contributed by atoms with van der Waals surface area (Å²) < 4.78 is 5.48. The van der Waals surface area contributed by atoms with E-state index in [4.69, 9.17) is 19.4 Å². The average Bonchev–Trinajstić information content (AvgIpc) is 2.20. The lowest BCUT2D eigenvalue weighted by Crippen LogP contribution is -1.95. The molecule has 0 spiro atoms. The summed E-state index contributed by atoms with van der Waals surface area (Å²) in [7, 11) is -2.62. The third-order valence-electron chi connectivity index (χ3n) is 1.90. The smallest absolute Gasteiger partial charge is 0.324 e. The molecule has 0 amide bonds. The second kappa shape index (κ2) is 8.48. The predicted molar refractivity (Wildman–Crippen MR) is 65.3 cm³/mol. The number of benzene rings is 1. The Hall–Kier alpha value is -0.670. The van der Waals surface area contributed by atoms with Gasteiger partial charge in [0.05, 0.1) is 6.61 Å². The number of aryl methyl sites for hydroxylation is 2. The summed E-state index contributed by atoms with van der Waals surface area (Å²) in [6.45, 7) is 7.02. The molecule has 92 valence electrons. The molecule has 0 heterocycles. The van der Waals surface area contributed by atoms with Crippen LogP contribution in [0.4, 0.5) is 0 Å². The van der Waals surface area contributed by atoms with Crippen molar-refractivity contribution in [1.29, 1.82) is 0 Å². The maximum atomic E-state index is 7.23. The van der Waals surface area contributed by atoms with Gasteiger partial charge in [-0.2, -0.15) is 0 Å². The lowest BCUT2D eigenvalue weighted by atomic mass is 10.1. The minimum atomic E-state index is -2.62. The zero-order chi connectivity index (χ0) is 12.6. The summed E-state index contributed by atoms with van der Waals surface area (Å²) in [5.74, 6) is 1.03. The zero-order valence-electron chi connectivity index (χ0n) is 9.84. The van der Waals surface area contributed by atoms with E-state index in [2.05, 4.69) is 32.0 Å². The van der Waals surface area contributed by atoms with Gasteiger partial charge in [-0.05, 0) is 31.9 Å². The Bertz CT molecular complexity index is 299. The fourth-order valence-electron chi connectivity index (χ4n) is 1.28. The van der Waals surface area contributed by atoms with Crippen LogP contribution in [0.25, 0.3) is 0 Å². The van der Waals surface area contributed by atoms with Crippen molar-refractivity contribution in [3.05, 3.63) is 29.3 Å². The van der Waals surface area contributed by atoms with Crippen molar-refractivity contribution >= 4 is 8.60 Å². The molecule has 0 bridgehead atoms. The summed E-state index contributed by atoms with van der Waals surface area (Å²) in [6, 6.07) is 6.33. The van der Waals surface area contributed by atoms with Crippen LogP contribution in [0.15, 0.2) is 18.2 Å². The van der Waals surface area contributed by atoms with Crippen LogP contribution in [0, 0.1) is 6.92 Å². The first kappa shape index (κ1) is 15.3. The van der Waals surface area contributed by atoms with E-state index in [-0.39, 0.29) is 0 Å². The fourth-order valence-corrected chi connectivity index (χ4v) is 1.28. The lowest BCUT2D eigenvalue weighted by Gasteiger charge is -2.08. The third kappa shape index (κ3) is 6.75. The minimum absolute atomic E-state index is 0.746. The van der Waals surface area contributed by atoms with Gasteiger partial charge in [0.2, 0.25) is 0 Å². The first-order valence-electron chi connectivity index (χ1n) is 5.10. The highest BCUT2D eigenvalue weighted by Gasteiger charge is 1.99. The standard InChI is InChI=1S/C11H16O.H3O3P/c1-4-10-8-9(3)6-7-11(10)12-5-2;1-4(2)3/h6-8H,4-5H2,1-3H3;1-3H. The second-order valence-electron chi connectivity index (χ2n) is 3.17. The highest BCUT2D eigenvalue weighted by molar-refractivity contribution is 7.38. The van der Waals surface area contributed by atoms with E-state index in [0.29, 0.717) is 0 Å². The summed E-state index contributed by atoms with van der Waals surface area (Å²) in [4.78, 5) is 21.7. The van der Waals surface area contributed by atoms with Gasteiger partial charge < -0.3 is 19.4 Å². The maximum Gasteiger partial charge on any atom is 0.324 e. The molecule has 0 saturated carbocycles. The molecule has 5 heteroatoms. The molecule has 0 aromatic heterocycles. The van der Waals surface area contributed by atoms with Gasteiger partial charge >= 0.3 is 8.60 Å². The van der Waals surface area contributed by atoms with Crippen LogP contribution in [0.2, 0.25) is 0 Å². The van der Waals surface area contributed by atoms with Crippen LogP contribution in [-0.2, 0) is 6.42 Å². The highest BCUT2D eigenvalue weighted by Crippen LogP contribution is 2.20. The largest absolute Gasteiger partial charge is 0.494 e. The Labute approximate surface area is 97.5 Å². The van der Waals surface area contributed by atoms with Crippen LogP contribution >= 0.6 is 8.60 Å². The van der Waals surface area contributed by atoms with Gasteiger partial charge in [-0.1, -0.05) is 24.6 Å². The molecule has 0 unspecified atom stereocenters. The molecule has 0 radical (unpaired) electrons. The predicted octanol–water partition coefficient (Wildman–Crippen LogP) is 2.15. The molecule has 0 fully saturated rings. The van der Waals surface area contributed by atoms with Crippen molar-refractivity contribution in [3.63, 3.8) is 0 Å². The quantitative estimate of drug-likeness (QED) is 0.715. The Morgan fingerprint density at radius 2 is 1.75 bits per heavy atom. The van der Waals surface area contributed by atoms with E-state index in [0.717, 1.165) is 18.8 Å². The molecular weight excluding hydrogens is 227 g/mol. The highest BCUT2D eigenvalue weighted by atomic mass is 31.2. The lowest BCUT2D eigenvalue weighted by molar-refractivity contribution is 0.337. The van der Waals surface area contributed by atoms with Crippen LogP contribution in [-0.4, -0.2) is 21.3 Å². The molecule has 0 atom stereocenters. The fraction of sp³-hybridized carbons (Fsp3) is 0.455. The van der Waals surface area contributed by atoms with Crippen molar-refractivity contribution in [1.82, 2.24) is 0 Å². The van der Waals surface area contributed by atoms with Gasteiger partial charge in [-0.25, -0.2) is 0 Å². The number of hydrogen-bond donors (Lipinski definition) is 3. The van der Waals surface area contributed by atoms with Crippen LogP contribution in [0.3, 0.4) is 0 Å². The normalized spacial score (nSPS) is 9.69. The third-order valence-corrected chi connectivity index (χ3v) is 1.90. The first-order chi connectivity index (χ1) is 7.51. The SMILES string of the molecule is CCOc1ccc(C)cc1CC.OP(O)O. The zero-order valence-corrected chi connectivity index (χ0v) is 10.7. The van der Waals surface area contributed by atoms with E-state index in [1.807, 2.05) is 6.92 Å². The van der Waals surface area contributed by atoms with Gasteiger partial charge in [0.1, 0.15) is 5.75 Å². The Morgan fingerprint density at radius 3 is 2.19 bits per heavy atom.